The highest BCUT2D eigenvalue weighted by molar-refractivity contribution is 6.33. The van der Waals surface area contributed by atoms with Crippen molar-refractivity contribution in [2.75, 3.05) is 5.73 Å². The Morgan fingerprint density at radius 2 is 2.21 bits per heavy atom. The van der Waals surface area contributed by atoms with Gasteiger partial charge in [0.25, 0.3) is 0 Å². The monoisotopic (exact) mass is 213 g/mol. The molecular formula is C10H12ClNO2. The van der Waals surface area contributed by atoms with Gasteiger partial charge in [-0.1, -0.05) is 17.7 Å². The minimum atomic E-state index is -0.807. The number of carbonyl (C=O) groups is 1. The Kier molecular flexibility index (Phi) is 3.36. The zero-order chi connectivity index (χ0) is 10.7. The zero-order valence-electron chi connectivity index (χ0n) is 7.88. The second-order valence-corrected chi connectivity index (χ2v) is 3.55. The molecule has 0 aliphatic carbocycles. The van der Waals surface area contributed by atoms with E-state index in [9.17, 15) is 4.79 Å². The summed E-state index contributed by atoms with van der Waals surface area (Å²) in [6, 6.07) is 3.51. The fraction of sp³-hybridized carbons (Fsp3) is 0.300. The molecule has 0 atom stereocenters. The van der Waals surface area contributed by atoms with E-state index in [0.29, 0.717) is 17.1 Å². The summed E-state index contributed by atoms with van der Waals surface area (Å²) < 4.78 is 0. The van der Waals surface area contributed by atoms with Gasteiger partial charge in [-0.2, -0.15) is 0 Å². The fourth-order valence-electron chi connectivity index (χ4n) is 1.25. The topological polar surface area (TPSA) is 63.3 Å². The molecule has 0 aromatic heterocycles. The molecule has 0 spiro atoms. The van der Waals surface area contributed by atoms with Crippen LogP contribution in [0, 0.1) is 6.92 Å². The van der Waals surface area contributed by atoms with Crippen LogP contribution in [0.1, 0.15) is 17.5 Å². The standard InChI is InChI=1S/C10H12ClNO2/c1-6-7(3-5-9(13)14)2-4-8(11)10(6)12/h2,4H,3,5,12H2,1H3,(H,13,14). The number of rotatable bonds is 3. The molecule has 0 heterocycles. The minimum Gasteiger partial charge on any atom is -0.481 e. The first-order valence-electron chi connectivity index (χ1n) is 4.27. The molecule has 76 valence electrons. The zero-order valence-corrected chi connectivity index (χ0v) is 8.64. The highest BCUT2D eigenvalue weighted by atomic mass is 35.5. The quantitative estimate of drug-likeness (QED) is 0.757. The number of aliphatic carboxylic acids is 1. The van der Waals surface area contributed by atoms with Gasteiger partial charge in [0.1, 0.15) is 0 Å². The van der Waals surface area contributed by atoms with Crippen molar-refractivity contribution in [3.63, 3.8) is 0 Å². The molecule has 0 amide bonds. The third-order valence-electron chi connectivity index (χ3n) is 2.18. The van der Waals surface area contributed by atoms with E-state index in [4.69, 9.17) is 22.4 Å². The average Bonchev–Trinajstić information content (AvgIpc) is 2.13. The van der Waals surface area contributed by atoms with E-state index in [1.807, 2.05) is 13.0 Å². The van der Waals surface area contributed by atoms with Gasteiger partial charge in [-0.15, -0.1) is 0 Å². The lowest BCUT2D eigenvalue weighted by molar-refractivity contribution is -0.136. The maximum atomic E-state index is 10.4. The number of benzene rings is 1. The molecule has 0 saturated carbocycles. The van der Waals surface area contributed by atoms with Crippen LogP contribution < -0.4 is 5.73 Å². The first-order valence-corrected chi connectivity index (χ1v) is 4.65. The van der Waals surface area contributed by atoms with Gasteiger partial charge in [0.05, 0.1) is 10.7 Å². The van der Waals surface area contributed by atoms with E-state index in [-0.39, 0.29) is 6.42 Å². The Bertz CT molecular complexity index is 363. The number of aryl methyl sites for hydroxylation is 1. The van der Waals surface area contributed by atoms with Crippen molar-refractivity contribution in [2.45, 2.75) is 19.8 Å². The largest absolute Gasteiger partial charge is 0.481 e. The lowest BCUT2D eigenvalue weighted by Crippen LogP contribution is -2.01. The number of carboxylic acids is 1. The van der Waals surface area contributed by atoms with Crippen LogP contribution in [0.2, 0.25) is 5.02 Å². The SMILES string of the molecule is Cc1c(CCC(=O)O)ccc(Cl)c1N. The molecule has 0 radical (unpaired) electrons. The normalized spacial score (nSPS) is 10.1. The molecule has 1 aromatic carbocycles. The molecule has 0 fully saturated rings. The Morgan fingerprint density at radius 3 is 2.79 bits per heavy atom. The second-order valence-electron chi connectivity index (χ2n) is 3.14. The molecule has 0 unspecified atom stereocenters. The van der Waals surface area contributed by atoms with Crippen LogP contribution in [0.15, 0.2) is 12.1 Å². The predicted octanol–water partition coefficient (Wildman–Crippen LogP) is 2.25. The summed E-state index contributed by atoms with van der Waals surface area (Å²) in [5.41, 5.74) is 8.06. The summed E-state index contributed by atoms with van der Waals surface area (Å²) >= 11 is 5.81. The van der Waals surface area contributed by atoms with Crippen molar-refractivity contribution < 1.29 is 9.90 Å². The van der Waals surface area contributed by atoms with Gasteiger partial charge in [0.15, 0.2) is 0 Å². The molecule has 1 rings (SSSR count). The van der Waals surface area contributed by atoms with Gasteiger partial charge in [0.2, 0.25) is 0 Å². The lowest BCUT2D eigenvalue weighted by atomic mass is 10.0. The van der Waals surface area contributed by atoms with E-state index in [2.05, 4.69) is 0 Å². The number of nitrogens with two attached hydrogens (primary N) is 1. The third-order valence-corrected chi connectivity index (χ3v) is 2.51. The van der Waals surface area contributed by atoms with Crippen molar-refractivity contribution in [1.29, 1.82) is 0 Å². The van der Waals surface area contributed by atoms with Crippen LogP contribution in [0.5, 0.6) is 0 Å². The van der Waals surface area contributed by atoms with Crippen LogP contribution in [-0.4, -0.2) is 11.1 Å². The second kappa shape index (κ2) is 4.33. The van der Waals surface area contributed by atoms with E-state index >= 15 is 0 Å². The van der Waals surface area contributed by atoms with Crippen molar-refractivity contribution in [2.24, 2.45) is 0 Å². The summed E-state index contributed by atoms with van der Waals surface area (Å²) in [7, 11) is 0. The summed E-state index contributed by atoms with van der Waals surface area (Å²) in [4.78, 5) is 10.4. The molecule has 0 saturated heterocycles. The number of hydrogen-bond donors (Lipinski definition) is 2. The minimum absolute atomic E-state index is 0.113. The highest BCUT2D eigenvalue weighted by Gasteiger charge is 2.06. The number of nitrogen functional groups attached to an aromatic ring is 1. The van der Waals surface area contributed by atoms with E-state index < -0.39 is 5.97 Å². The maximum Gasteiger partial charge on any atom is 0.303 e. The van der Waals surface area contributed by atoms with Crippen LogP contribution >= 0.6 is 11.6 Å². The molecule has 4 heteroatoms. The average molecular weight is 214 g/mol. The van der Waals surface area contributed by atoms with Gasteiger partial charge in [-0.25, -0.2) is 0 Å². The smallest absolute Gasteiger partial charge is 0.303 e. The first-order chi connectivity index (χ1) is 6.52. The van der Waals surface area contributed by atoms with Gasteiger partial charge in [-0.3, -0.25) is 4.79 Å². The number of anilines is 1. The summed E-state index contributed by atoms with van der Waals surface area (Å²) in [5.74, 6) is -0.807. The Balaban J connectivity index is 2.88. The molecule has 3 nitrogen and oxygen atoms in total. The van der Waals surface area contributed by atoms with E-state index in [0.717, 1.165) is 11.1 Å². The Hall–Kier alpha value is -1.22. The fourth-order valence-corrected chi connectivity index (χ4v) is 1.46. The molecule has 14 heavy (non-hydrogen) atoms. The van der Waals surface area contributed by atoms with Gasteiger partial charge in [0, 0.05) is 6.42 Å². The summed E-state index contributed by atoms with van der Waals surface area (Å²) in [6.45, 7) is 1.85. The molecule has 0 bridgehead atoms. The van der Waals surface area contributed by atoms with Gasteiger partial charge >= 0.3 is 5.97 Å². The molecule has 0 aliphatic rings. The van der Waals surface area contributed by atoms with Gasteiger partial charge < -0.3 is 10.8 Å². The number of halogens is 1. The van der Waals surface area contributed by atoms with Crippen LogP contribution in [0.4, 0.5) is 5.69 Å². The lowest BCUT2D eigenvalue weighted by Gasteiger charge is -2.08. The predicted molar refractivity (Wildman–Crippen MR) is 56.6 cm³/mol. The summed E-state index contributed by atoms with van der Waals surface area (Å²) in [6.07, 6.45) is 0.602. The van der Waals surface area contributed by atoms with Crippen molar-refractivity contribution in [3.05, 3.63) is 28.3 Å². The first kappa shape index (κ1) is 10.9. The van der Waals surface area contributed by atoms with E-state index in [1.165, 1.54) is 0 Å². The van der Waals surface area contributed by atoms with Crippen molar-refractivity contribution in [1.82, 2.24) is 0 Å². The number of hydrogen-bond acceptors (Lipinski definition) is 2. The molecular weight excluding hydrogens is 202 g/mol. The molecule has 1 aromatic rings. The third kappa shape index (κ3) is 2.39. The van der Waals surface area contributed by atoms with Crippen LogP contribution in [-0.2, 0) is 11.2 Å². The van der Waals surface area contributed by atoms with E-state index in [1.54, 1.807) is 6.07 Å². The Labute approximate surface area is 87.5 Å². The van der Waals surface area contributed by atoms with Crippen molar-refractivity contribution >= 4 is 23.3 Å². The van der Waals surface area contributed by atoms with Crippen LogP contribution in [0.3, 0.4) is 0 Å². The van der Waals surface area contributed by atoms with Gasteiger partial charge in [-0.05, 0) is 30.5 Å². The Morgan fingerprint density at radius 1 is 1.57 bits per heavy atom. The molecule has 3 N–H and O–H groups in total. The van der Waals surface area contributed by atoms with Crippen molar-refractivity contribution in [3.8, 4) is 0 Å². The number of carboxylic acid groups (broad SMARTS) is 1. The summed E-state index contributed by atoms with van der Waals surface area (Å²) in [5, 5.41) is 9.05. The van der Waals surface area contributed by atoms with Crippen LogP contribution in [0.25, 0.3) is 0 Å². The maximum absolute atomic E-state index is 10.4. The highest BCUT2D eigenvalue weighted by Crippen LogP contribution is 2.25. The molecule has 0 aliphatic heterocycles.